The minimum atomic E-state index is -0.423. The molecule has 4 nitrogen and oxygen atoms in total. The zero-order chi connectivity index (χ0) is 12.1. The number of alkyl carbamates (subject to hydrolysis) is 1. The summed E-state index contributed by atoms with van der Waals surface area (Å²) in [6.07, 6.45) is -0.423. The van der Waals surface area contributed by atoms with E-state index in [1.807, 2.05) is 27.7 Å². The molecule has 0 aromatic heterocycles. The summed E-state index contributed by atoms with van der Waals surface area (Å²) < 4.78 is 4.94. The molecule has 0 aromatic carbocycles. The number of ether oxygens (including phenoxy) is 1. The highest BCUT2D eigenvalue weighted by atomic mass is 32.1. The maximum absolute atomic E-state index is 11.2. The van der Waals surface area contributed by atoms with Crippen LogP contribution >= 0.6 is 12.2 Å². The maximum atomic E-state index is 11.2. The van der Waals surface area contributed by atoms with E-state index in [0.29, 0.717) is 24.1 Å². The minimum Gasteiger partial charge on any atom is -0.449 e. The van der Waals surface area contributed by atoms with E-state index >= 15 is 0 Å². The SMILES string of the molecule is CC(C)COC(=O)NCC(C)(C)C(N)=S. The molecule has 0 spiro atoms. The molecule has 0 saturated carbocycles. The van der Waals surface area contributed by atoms with Crippen molar-refractivity contribution in [1.29, 1.82) is 0 Å². The molecule has 0 saturated heterocycles. The zero-order valence-corrected chi connectivity index (χ0v) is 10.6. The monoisotopic (exact) mass is 232 g/mol. The number of carbonyl (C=O) groups is 1. The van der Waals surface area contributed by atoms with Gasteiger partial charge in [0, 0.05) is 12.0 Å². The Balaban J connectivity index is 3.85. The van der Waals surface area contributed by atoms with Gasteiger partial charge in [0.15, 0.2) is 0 Å². The Morgan fingerprint density at radius 3 is 2.47 bits per heavy atom. The van der Waals surface area contributed by atoms with Crippen LogP contribution in [0.3, 0.4) is 0 Å². The molecule has 0 bridgehead atoms. The van der Waals surface area contributed by atoms with Crippen molar-refractivity contribution < 1.29 is 9.53 Å². The van der Waals surface area contributed by atoms with Crippen LogP contribution < -0.4 is 11.1 Å². The smallest absolute Gasteiger partial charge is 0.407 e. The molecular weight excluding hydrogens is 212 g/mol. The molecule has 0 aliphatic rings. The molecule has 0 heterocycles. The summed E-state index contributed by atoms with van der Waals surface area (Å²) >= 11 is 4.88. The van der Waals surface area contributed by atoms with Crippen molar-refractivity contribution in [1.82, 2.24) is 5.32 Å². The summed E-state index contributed by atoms with van der Waals surface area (Å²) in [6.45, 7) is 8.51. The topological polar surface area (TPSA) is 64.3 Å². The van der Waals surface area contributed by atoms with E-state index in [1.165, 1.54) is 0 Å². The van der Waals surface area contributed by atoms with Crippen molar-refractivity contribution in [3.05, 3.63) is 0 Å². The molecule has 0 rings (SSSR count). The van der Waals surface area contributed by atoms with Gasteiger partial charge in [-0.1, -0.05) is 39.9 Å². The highest BCUT2D eigenvalue weighted by Gasteiger charge is 2.22. The zero-order valence-electron chi connectivity index (χ0n) is 9.79. The average Bonchev–Trinajstić information content (AvgIpc) is 2.11. The summed E-state index contributed by atoms with van der Waals surface area (Å²) in [7, 11) is 0. The van der Waals surface area contributed by atoms with Crippen LogP contribution in [0.5, 0.6) is 0 Å². The van der Waals surface area contributed by atoms with Crippen molar-refractivity contribution >= 4 is 23.3 Å². The van der Waals surface area contributed by atoms with Gasteiger partial charge in [-0.15, -0.1) is 0 Å². The summed E-state index contributed by atoms with van der Waals surface area (Å²) in [5.41, 5.74) is 5.14. The van der Waals surface area contributed by atoms with Crippen LogP contribution in [0.25, 0.3) is 0 Å². The number of nitrogens with two attached hydrogens (primary N) is 1. The lowest BCUT2D eigenvalue weighted by Gasteiger charge is -2.23. The quantitative estimate of drug-likeness (QED) is 0.708. The normalized spacial score (nSPS) is 11.3. The Labute approximate surface area is 96.5 Å². The van der Waals surface area contributed by atoms with Gasteiger partial charge in [-0.2, -0.15) is 0 Å². The first-order valence-corrected chi connectivity index (χ1v) is 5.37. The molecule has 15 heavy (non-hydrogen) atoms. The van der Waals surface area contributed by atoms with Gasteiger partial charge in [0.25, 0.3) is 0 Å². The fourth-order valence-corrected chi connectivity index (χ4v) is 0.746. The van der Waals surface area contributed by atoms with Gasteiger partial charge in [0.1, 0.15) is 0 Å². The first-order valence-electron chi connectivity index (χ1n) is 4.96. The minimum absolute atomic E-state index is 0.333. The first-order chi connectivity index (χ1) is 6.75. The molecule has 0 fully saturated rings. The molecule has 0 aliphatic heterocycles. The van der Waals surface area contributed by atoms with Gasteiger partial charge in [-0.3, -0.25) is 0 Å². The average molecular weight is 232 g/mol. The van der Waals surface area contributed by atoms with Crippen LogP contribution in [0.1, 0.15) is 27.7 Å². The Hall–Kier alpha value is -0.840. The van der Waals surface area contributed by atoms with Gasteiger partial charge in [-0.05, 0) is 5.92 Å². The van der Waals surface area contributed by atoms with Crippen LogP contribution in [0.2, 0.25) is 0 Å². The third-order valence-electron chi connectivity index (χ3n) is 1.89. The molecular formula is C10H20N2O2S. The molecule has 5 heteroatoms. The number of hydrogen-bond acceptors (Lipinski definition) is 3. The molecule has 1 amide bonds. The van der Waals surface area contributed by atoms with Gasteiger partial charge >= 0.3 is 6.09 Å². The maximum Gasteiger partial charge on any atom is 0.407 e. The van der Waals surface area contributed by atoms with Crippen LogP contribution in [0.15, 0.2) is 0 Å². The predicted molar refractivity (Wildman–Crippen MR) is 64.8 cm³/mol. The van der Waals surface area contributed by atoms with E-state index in [0.717, 1.165) is 0 Å². The second kappa shape index (κ2) is 5.90. The Morgan fingerprint density at radius 1 is 1.53 bits per heavy atom. The summed E-state index contributed by atoms with van der Waals surface area (Å²) in [5.74, 6) is 0.333. The summed E-state index contributed by atoms with van der Waals surface area (Å²) in [5, 5.41) is 2.63. The van der Waals surface area contributed by atoms with E-state index in [9.17, 15) is 4.79 Å². The molecule has 0 atom stereocenters. The van der Waals surface area contributed by atoms with E-state index < -0.39 is 6.09 Å². The lowest BCUT2D eigenvalue weighted by Crippen LogP contribution is -2.41. The molecule has 88 valence electrons. The first kappa shape index (κ1) is 14.2. The Kier molecular flexibility index (Phi) is 5.57. The van der Waals surface area contributed by atoms with Gasteiger partial charge in [-0.25, -0.2) is 4.79 Å². The predicted octanol–water partition coefficient (Wildman–Crippen LogP) is 1.68. The highest BCUT2D eigenvalue weighted by molar-refractivity contribution is 7.80. The Bertz CT molecular complexity index is 240. The van der Waals surface area contributed by atoms with Crippen LogP contribution in [-0.4, -0.2) is 24.2 Å². The van der Waals surface area contributed by atoms with Gasteiger partial charge < -0.3 is 15.8 Å². The fraction of sp³-hybridized carbons (Fsp3) is 0.800. The fourth-order valence-electron chi connectivity index (χ4n) is 0.674. The molecule has 0 radical (unpaired) electrons. The molecule has 0 aromatic rings. The number of amides is 1. The lowest BCUT2D eigenvalue weighted by atomic mass is 9.94. The largest absolute Gasteiger partial charge is 0.449 e. The van der Waals surface area contributed by atoms with E-state index in [2.05, 4.69) is 5.32 Å². The number of nitrogens with one attached hydrogen (secondary N) is 1. The lowest BCUT2D eigenvalue weighted by molar-refractivity contribution is 0.131. The summed E-state index contributed by atoms with van der Waals surface area (Å²) in [6, 6.07) is 0. The number of rotatable bonds is 5. The highest BCUT2D eigenvalue weighted by Crippen LogP contribution is 2.13. The third-order valence-corrected chi connectivity index (χ3v) is 2.44. The van der Waals surface area contributed by atoms with E-state index in [1.54, 1.807) is 0 Å². The number of hydrogen-bond donors (Lipinski definition) is 2. The van der Waals surface area contributed by atoms with Gasteiger partial charge in [0.05, 0.1) is 11.6 Å². The van der Waals surface area contributed by atoms with Crippen LogP contribution in [-0.2, 0) is 4.74 Å². The van der Waals surface area contributed by atoms with Crippen molar-refractivity contribution in [2.75, 3.05) is 13.2 Å². The second-order valence-electron chi connectivity index (χ2n) is 4.59. The van der Waals surface area contributed by atoms with Gasteiger partial charge in [0.2, 0.25) is 0 Å². The third kappa shape index (κ3) is 6.28. The number of carbonyl (C=O) groups excluding carboxylic acids is 1. The summed E-state index contributed by atoms with van der Waals surface area (Å²) in [4.78, 5) is 11.6. The molecule has 0 unspecified atom stereocenters. The van der Waals surface area contributed by atoms with E-state index in [4.69, 9.17) is 22.7 Å². The molecule has 0 aliphatic carbocycles. The van der Waals surface area contributed by atoms with Crippen molar-refractivity contribution in [3.63, 3.8) is 0 Å². The van der Waals surface area contributed by atoms with Crippen LogP contribution in [0, 0.1) is 11.3 Å². The van der Waals surface area contributed by atoms with Crippen molar-refractivity contribution in [3.8, 4) is 0 Å². The second-order valence-corrected chi connectivity index (χ2v) is 5.03. The Morgan fingerprint density at radius 2 is 2.07 bits per heavy atom. The van der Waals surface area contributed by atoms with Crippen LogP contribution in [0.4, 0.5) is 4.79 Å². The van der Waals surface area contributed by atoms with Crippen molar-refractivity contribution in [2.45, 2.75) is 27.7 Å². The van der Waals surface area contributed by atoms with E-state index in [-0.39, 0.29) is 5.41 Å². The number of thiocarbonyl (C=S) groups is 1. The standard InChI is InChI=1S/C10H20N2O2S/c1-7(2)5-14-9(13)12-6-10(3,4)8(11)15/h7H,5-6H2,1-4H3,(H2,11,15)(H,12,13). The van der Waals surface area contributed by atoms with Crippen molar-refractivity contribution in [2.24, 2.45) is 17.1 Å². The molecule has 3 N–H and O–H groups in total.